The smallest absolute Gasteiger partial charge is 0.261 e. The van der Waals surface area contributed by atoms with Crippen molar-refractivity contribution >= 4 is 22.5 Å². The Morgan fingerprint density at radius 1 is 0.815 bits per heavy atom. The summed E-state index contributed by atoms with van der Waals surface area (Å²) in [7, 11) is 0. The largest absolute Gasteiger partial charge is 0.292 e. The molecule has 0 spiro atoms. The van der Waals surface area contributed by atoms with Gasteiger partial charge in [-0.1, -0.05) is 72.3 Å². The number of aromatic nitrogens is 2. The van der Waals surface area contributed by atoms with Gasteiger partial charge >= 0.3 is 0 Å². The molecule has 0 saturated heterocycles. The molecule has 0 saturated carbocycles. The van der Waals surface area contributed by atoms with E-state index in [0.717, 1.165) is 17.8 Å². The number of nitrogens with zero attached hydrogens (tertiary/aromatic N) is 2. The standard InChI is InChI=1S/C23H19ClN2O/c24-19-12-13-21-20(15-19)23(27)26(16-18-9-5-2-6-10-18)22(25-21)14-11-17-7-3-1-4-8-17/h1-10,12-13,15H,11,14,16H2. The summed E-state index contributed by atoms with van der Waals surface area (Å²) in [6, 6.07) is 25.5. The highest BCUT2D eigenvalue weighted by Gasteiger charge is 2.12. The van der Waals surface area contributed by atoms with Crippen molar-refractivity contribution in [2.75, 3.05) is 0 Å². The molecule has 0 amide bonds. The average Bonchev–Trinajstić information content (AvgIpc) is 2.71. The van der Waals surface area contributed by atoms with Gasteiger partial charge in [-0.25, -0.2) is 4.98 Å². The first-order valence-electron chi connectivity index (χ1n) is 8.97. The molecule has 1 aromatic heterocycles. The Morgan fingerprint density at radius 2 is 1.48 bits per heavy atom. The minimum Gasteiger partial charge on any atom is -0.292 e. The zero-order chi connectivity index (χ0) is 18.6. The van der Waals surface area contributed by atoms with Crippen molar-refractivity contribution in [2.45, 2.75) is 19.4 Å². The van der Waals surface area contributed by atoms with Crippen LogP contribution < -0.4 is 5.56 Å². The Labute approximate surface area is 162 Å². The molecule has 0 N–H and O–H groups in total. The van der Waals surface area contributed by atoms with E-state index in [1.807, 2.05) is 54.6 Å². The lowest BCUT2D eigenvalue weighted by Gasteiger charge is -2.14. The molecule has 0 unspecified atom stereocenters. The highest BCUT2D eigenvalue weighted by Crippen LogP contribution is 2.17. The summed E-state index contributed by atoms with van der Waals surface area (Å²) in [5.41, 5.74) is 2.95. The molecule has 1 heterocycles. The molecule has 0 aliphatic heterocycles. The van der Waals surface area contributed by atoms with Crippen molar-refractivity contribution < 1.29 is 0 Å². The molecule has 134 valence electrons. The molecular weight excluding hydrogens is 356 g/mol. The van der Waals surface area contributed by atoms with Gasteiger partial charge < -0.3 is 0 Å². The number of hydrogen-bond acceptors (Lipinski definition) is 2. The maximum Gasteiger partial charge on any atom is 0.261 e. The Hall–Kier alpha value is -2.91. The average molecular weight is 375 g/mol. The van der Waals surface area contributed by atoms with Gasteiger partial charge in [0.2, 0.25) is 0 Å². The maximum atomic E-state index is 13.2. The van der Waals surface area contributed by atoms with Crippen LogP contribution in [0.5, 0.6) is 0 Å². The second-order valence-electron chi connectivity index (χ2n) is 6.55. The summed E-state index contributed by atoms with van der Waals surface area (Å²) < 4.78 is 1.77. The van der Waals surface area contributed by atoms with E-state index in [1.54, 1.807) is 16.7 Å². The van der Waals surface area contributed by atoms with E-state index >= 15 is 0 Å². The molecule has 27 heavy (non-hydrogen) atoms. The lowest BCUT2D eigenvalue weighted by molar-refractivity contribution is 0.670. The van der Waals surface area contributed by atoms with Crippen LogP contribution in [-0.4, -0.2) is 9.55 Å². The minimum atomic E-state index is -0.0468. The van der Waals surface area contributed by atoms with Gasteiger partial charge in [0, 0.05) is 11.4 Å². The summed E-state index contributed by atoms with van der Waals surface area (Å²) in [5, 5.41) is 1.10. The van der Waals surface area contributed by atoms with Gasteiger partial charge in [-0.15, -0.1) is 0 Å². The quantitative estimate of drug-likeness (QED) is 0.499. The fourth-order valence-corrected chi connectivity index (χ4v) is 3.43. The third-order valence-electron chi connectivity index (χ3n) is 4.66. The Morgan fingerprint density at radius 3 is 2.19 bits per heavy atom. The van der Waals surface area contributed by atoms with Crippen LogP contribution in [-0.2, 0) is 19.4 Å². The first-order valence-corrected chi connectivity index (χ1v) is 9.35. The topological polar surface area (TPSA) is 34.9 Å². The van der Waals surface area contributed by atoms with E-state index in [2.05, 4.69) is 12.1 Å². The molecule has 0 fully saturated rings. The number of rotatable bonds is 5. The summed E-state index contributed by atoms with van der Waals surface area (Å²) in [6.45, 7) is 0.499. The molecule has 0 atom stereocenters. The van der Waals surface area contributed by atoms with Gasteiger partial charge in [0.05, 0.1) is 17.4 Å². The van der Waals surface area contributed by atoms with Crippen LogP contribution in [0.3, 0.4) is 0 Å². The third kappa shape index (κ3) is 3.93. The van der Waals surface area contributed by atoms with E-state index < -0.39 is 0 Å². The van der Waals surface area contributed by atoms with Gasteiger partial charge in [-0.05, 0) is 35.7 Å². The SMILES string of the molecule is O=c1c2cc(Cl)ccc2nc(CCc2ccccc2)n1Cc1ccccc1. The van der Waals surface area contributed by atoms with Crippen LogP contribution in [0.1, 0.15) is 17.0 Å². The van der Waals surface area contributed by atoms with Gasteiger partial charge in [0.1, 0.15) is 5.82 Å². The molecule has 3 nitrogen and oxygen atoms in total. The lowest BCUT2D eigenvalue weighted by atomic mass is 10.1. The van der Waals surface area contributed by atoms with Crippen molar-refractivity contribution in [1.82, 2.24) is 9.55 Å². The second kappa shape index (κ2) is 7.77. The van der Waals surface area contributed by atoms with Crippen molar-refractivity contribution in [2.24, 2.45) is 0 Å². The minimum absolute atomic E-state index is 0.0468. The van der Waals surface area contributed by atoms with Gasteiger partial charge in [0.15, 0.2) is 0 Å². The molecule has 0 aliphatic rings. The maximum absolute atomic E-state index is 13.2. The number of benzene rings is 3. The molecule has 4 aromatic rings. The molecular formula is C23H19ClN2O. The van der Waals surface area contributed by atoms with Gasteiger partial charge in [0.25, 0.3) is 5.56 Å². The first-order chi connectivity index (χ1) is 13.2. The monoisotopic (exact) mass is 374 g/mol. The van der Waals surface area contributed by atoms with Crippen molar-refractivity contribution in [3.8, 4) is 0 Å². The van der Waals surface area contributed by atoms with Crippen molar-refractivity contribution in [1.29, 1.82) is 0 Å². The van der Waals surface area contributed by atoms with Crippen LogP contribution in [0.15, 0.2) is 83.7 Å². The van der Waals surface area contributed by atoms with Crippen LogP contribution in [0.4, 0.5) is 0 Å². The molecule has 0 bridgehead atoms. The normalized spacial score (nSPS) is 11.0. The molecule has 0 radical (unpaired) electrons. The van der Waals surface area contributed by atoms with Crippen LogP contribution >= 0.6 is 11.6 Å². The zero-order valence-electron chi connectivity index (χ0n) is 14.8. The predicted molar refractivity (Wildman–Crippen MR) is 110 cm³/mol. The van der Waals surface area contributed by atoms with E-state index in [-0.39, 0.29) is 5.56 Å². The summed E-state index contributed by atoms with van der Waals surface area (Å²) in [6.07, 6.45) is 1.53. The summed E-state index contributed by atoms with van der Waals surface area (Å²) in [5.74, 6) is 0.794. The van der Waals surface area contributed by atoms with Crippen LogP contribution in [0.2, 0.25) is 5.02 Å². The van der Waals surface area contributed by atoms with Gasteiger partial charge in [-0.2, -0.15) is 0 Å². The Bertz CT molecular complexity index is 1120. The Kier molecular flexibility index (Phi) is 5.03. The van der Waals surface area contributed by atoms with E-state index in [4.69, 9.17) is 16.6 Å². The highest BCUT2D eigenvalue weighted by atomic mass is 35.5. The summed E-state index contributed by atoms with van der Waals surface area (Å²) >= 11 is 6.11. The van der Waals surface area contributed by atoms with Crippen molar-refractivity contribution in [3.05, 3.63) is 111 Å². The number of halogens is 1. The summed E-state index contributed by atoms with van der Waals surface area (Å²) in [4.78, 5) is 18.0. The van der Waals surface area contributed by atoms with E-state index in [0.29, 0.717) is 28.9 Å². The predicted octanol–water partition coefficient (Wildman–Crippen LogP) is 4.88. The fraction of sp³-hybridized carbons (Fsp3) is 0.130. The number of aryl methyl sites for hydroxylation is 2. The molecule has 3 aromatic carbocycles. The zero-order valence-corrected chi connectivity index (χ0v) is 15.6. The third-order valence-corrected chi connectivity index (χ3v) is 4.89. The molecule has 4 heteroatoms. The fourth-order valence-electron chi connectivity index (χ4n) is 3.26. The Balaban J connectivity index is 1.78. The molecule has 0 aliphatic carbocycles. The first kappa shape index (κ1) is 17.5. The van der Waals surface area contributed by atoms with Gasteiger partial charge in [-0.3, -0.25) is 9.36 Å². The van der Waals surface area contributed by atoms with Crippen molar-refractivity contribution in [3.63, 3.8) is 0 Å². The lowest BCUT2D eigenvalue weighted by Crippen LogP contribution is -2.26. The van der Waals surface area contributed by atoms with Crippen LogP contribution in [0, 0.1) is 0 Å². The highest BCUT2D eigenvalue weighted by molar-refractivity contribution is 6.31. The molecule has 4 rings (SSSR count). The van der Waals surface area contributed by atoms with Crippen LogP contribution in [0.25, 0.3) is 10.9 Å². The van der Waals surface area contributed by atoms with E-state index in [1.165, 1.54) is 5.56 Å². The number of fused-ring (bicyclic) bond motifs is 1. The number of hydrogen-bond donors (Lipinski definition) is 0. The second-order valence-corrected chi connectivity index (χ2v) is 6.99. The van der Waals surface area contributed by atoms with E-state index in [9.17, 15) is 4.79 Å².